The van der Waals surface area contributed by atoms with Crippen molar-refractivity contribution >= 4 is 5.97 Å². The van der Waals surface area contributed by atoms with Crippen LogP contribution in [0.1, 0.15) is 12.0 Å². The molecular weight excluding hydrogens is 212 g/mol. The van der Waals surface area contributed by atoms with Crippen LogP contribution in [0.2, 0.25) is 0 Å². The first-order valence-corrected chi connectivity index (χ1v) is 4.56. The number of benzene rings is 1. The highest BCUT2D eigenvalue weighted by molar-refractivity contribution is 5.85. The van der Waals surface area contributed by atoms with Crippen LogP contribution in [-0.2, 0) is 11.2 Å². The topological polar surface area (TPSA) is 98.0 Å². The zero-order valence-corrected chi connectivity index (χ0v) is 8.47. The number of hydrogen-bond donors (Lipinski definition) is 4. The molecule has 1 aromatic rings. The van der Waals surface area contributed by atoms with Gasteiger partial charge in [0.2, 0.25) is 0 Å². The van der Waals surface area contributed by atoms with Gasteiger partial charge in [-0.2, -0.15) is 0 Å². The number of aromatic hydroxyl groups is 3. The SMILES string of the molecule is C=C(CCc1cc(O)c(O)c(O)c1)C(=O)O. The highest BCUT2D eigenvalue weighted by atomic mass is 16.4. The van der Waals surface area contributed by atoms with Gasteiger partial charge in [0.1, 0.15) is 0 Å². The lowest BCUT2D eigenvalue weighted by molar-refractivity contribution is -0.132. The number of carboxylic acid groups (broad SMARTS) is 1. The van der Waals surface area contributed by atoms with Crippen molar-refractivity contribution in [1.29, 1.82) is 0 Å². The Morgan fingerprint density at radius 3 is 2.12 bits per heavy atom. The van der Waals surface area contributed by atoms with Crippen molar-refractivity contribution < 1.29 is 25.2 Å². The number of aliphatic carboxylic acids is 1. The summed E-state index contributed by atoms with van der Waals surface area (Å²) in [4.78, 5) is 10.5. The number of rotatable bonds is 4. The molecule has 1 rings (SSSR count). The molecule has 0 radical (unpaired) electrons. The Kier molecular flexibility index (Phi) is 3.40. The van der Waals surface area contributed by atoms with Crippen molar-refractivity contribution in [3.63, 3.8) is 0 Å². The van der Waals surface area contributed by atoms with E-state index in [2.05, 4.69) is 6.58 Å². The van der Waals surface area contributed by atoms with Gasteiger partial charge in [-0.3, -0.25) is 0 Å². The quantitative estimate of drug-likeness (QED) is 0.457. The van der Waals surface area contributed by atoms with Gasteiger partial charge in [0.05, 0.1) is 0 Å². The summed E-state index contributed by atoms with van der Waals surface area (Å²) in [5, 5.41) is 36.1. The molecular formula is C11H12O5. The number of carboxylic acids is 1. The maximum atomic E-state index is 10.5. The van der Waals surface area contributed by atoms with Crippen molar-refractivity contribution in [2.75, 3.05) is 0 Å². The average Bonchev–Trinajstić information content (AvgIpc) is 2.22. The Labute approximate surface area is 91.9 Å². The summed E-state index contributed by atoms with van der Waals surface area (Å²) in [6.45, 7) is 3.36. The first-order valence-electron chi connectivity index (χ1n) is 4.56. The largest absolute Gasteiger partial charge is 0.504 e. The van der Waals surface area contributed by atoms with Crippen LogP contribution in [0.3, 0.4) is 0 Å². The minimum absolute atomic E-state index is 0.0482. The predicted molar refractivity (Wildman–Crippen MR) is 56.5 cm³/mol. The summed E-state index contributed by atoms with van der Waals surface area (Å²) in [5.74, 6) is -2.53. The minimum Gasteiger partial charge on any atom is -0.504 e. The molecule has 0 heterocycles. The predicted octanol–water partition coefficient (Wildman–Crippen LogP) is 1.38. The fraction of sp³-hybridized carbons (Fsp3) is 0.182. The molecule has 0 amide bonds. The second-order valence-electron chi connectivity index (χ2n) is 3.39. The van der Waals surface area contributed by atoms with E-state index in [9.17, 15) is 15.0 Å². The molecule has 4 N–H and O–H groups in total. The number of aryl methyl sites for hydroxylation is 1. The molecule has 1 aromatic carbocycles. The molecule has 5 heteroatoms. The number of phenols is 3. The highest BCUT2D eigenvalue weighted by Crippen LogP contribution is 2.35. The second kappa shape index (κ2) is 4.57. The van der Waals surface area contributed by atoms with Gasteiger partial charge in [-0.1, -0.05) is 6.58 Å². The van der Waals surface area contributed by atoms with Gasteiger partial charge in [0, 0.05) is 5.57 Å². The summed E-state index contributed by atoms with van der Waals surface area (Å²) in [6, 6.07) is 2.54. The molecule has 0 atom stereocenters. The zero-order chi connectivity index (χ0) is 12.3. The van der Waals surface area contributed by atoms with Crippen molar-refractivity contribution in [1.82, 2.24) is 0 Å². The first-order chi connectivity index (χ1) is 7.41. The van der Waals surface area contributed by atoms with E-state index < -0.39 is 23.2 Å². The summed E-state index contributed by atoms with van der Waals surface area (Å²) in [5.41, 5.74) is 0.572. The number of hydrogen-bond acceptors (Lipinski definition) is 4. The normalized spacial score (nSPS) is 10.0. The second-order valence-corrected chi connectivity index (χ2v) is 3.39. The van der Waals surface area contributed by atoms with E-state index in [0.717, 1.165) is 0 Å². The maximum absolute atomic E-state index is 10.5. The van der Waals surface area contributed by atoms with Crippen LogP contribution >= 0.6 is 0 Å². The molecule has 0 saturated heterocycles. The molecule has 16 heavy (non-hydrogen) atoms. The van der Waals surface area contributed by atoms with Crippen molar-refractivity contribution in [3.05, 3.63) is 29.8 Å². The third-order valence-corrected chi connectivity index (χ3v) is 2.15. The molecule has 0 aromatic heterocycles. The van der Waals surface area contributed by atoms with E-state index in [-0.39, 0.29) is 12.0 Å². The van der Waals surface area contributed by atoms with E-state index in [0.29, 0.717) is 12.0 Å². The molecule has 0 aliphatic rings. The lowest BCUT2D eigenvalue weighted by Crippen LogP contribution is -2.00. The molecule has 0 aliphatic heterocycles. The van der Waals surface area contributed by atoms with Gasteiger partial charge in [-0.15, -0.1) is 0 Å². The van der Waals surface area contributed by atoms with Crippen molar-refractivity contribution in [3.8, 4) is 17.2 Å². The number of carbonyl (C=O) groups is 1. The average molecular weight is 224 g/mol. The summed E-state index contributed by atoms with van der Waals surface area (Å²) in [7, 11) is 0. The van der Waals surface area contributed by atoms with Crippen LogP contribution in [0.5, 0.6) is 17.2 Å². The molecule has 86 valence electrons. The minimum atomic E-state index is -1.08. The van der Waals surface area contributed by atoms with Gasteiger partial charge in [0.25, 0.3) is 0 Å². The Balaban J connectivity index is 2.76. The van der Waals surface area contributed by atoms with Crippen molar-refractivity contribution in [2.24, 2.45) is 0 Å². The van der Waals surface area contributed by atoms with E-state index >= 15 is 0 Å². The number of phenolic OH excluding ortho intramolecular Hbond substituents is 3. The van der Waals surface area contributed by atoms with Gasteiger partial charge in [0.15, 0.2) is 17.2 Å². The molecule has 0 bridgehead atoms. The van der Waals surface area contributed by atoms with Crippen LogP contribution in [0.15, 0.2) is 24.3 Å². The van der Waals surface area contributed by atoms with Gasteiger partial charge in [-0.25, -0.2) is 4.79 Å². The Morgan fingerprint density at radius 2 is 1.69 bits per heavy atom. The van der Waals surface area contributed by atoms with Gasteiger partial charge >= 0.3 is 5.97 Å². The molecule has 5 nitrogen and oxygen atoms in total. The van der Waals surface area contributed by atoms with Crippen LogP contribution < -0.4 is 0 Å². The van der Waals surface area contributed by atoms with Crippen LogP contribution in [-0.4, -0.2) is 26.4 Å². The van der Waals surface area contributed by atoms with E-state index in [4.69, 9.17) is 10.2 Å². The smallest absolute Gasteiger partial charge is 0.330 e. The summed E-state index contributed by atoms with van der Waals surface area (Å²) in [6.07, 6.45) is 0.519. The Bertz CT molecular complexity index is 413. The van der Waals surface area contributed by atoms with Gasteiger partial charge in [-0.05, 0) is 30.5 Å². The third kappa shape index (κ3) is 2.66. The highest BCUT2D eigenvalue weighted by Gasteiger charge is 2.09. The van der Waals surface area contributed by atoms with Crippen molar-refractivity contribution in [2.45, 2.75) is 12.8 Å². The van der Waals surface area contributed by atoms with E-state index in [1.807, 2.05) is 0 Å². The molecule has 0 unspecified atom stereocenters. The lowest BCUT2D eigenvalue weighted by Gasteiger charge is -2.05. The van der Waals surface area contributed by atoms with Crippen LogP contribution in [0.25, 0.3) is 0 Å². The molecule has 0 aliphatic carbocycles. The van der Waals surface area contributed by atoms with E-state index in [1.165, 1.54) is 12.1 Å². The van der Waals surface area contributed by atoms with Gasteiger partial charge < -0.3 is 20.4 Å². The fourth-order valence-corrected chi connectivity index (χ4v) is 1.21. The molecule has 0 fully saturated rings. The fourth-order valence-electron chi connectivity index (χ4n) is 1.21. The zero-order valence-electron chi connectivity index (χ0n) is 8.47. The van der Waals surface area contributed by atoms with Crippen LogP contribution in [0, 0.1) is 0 Å². The van der Waals surface area contributed by atoms with Crippen LogP contribution in [0.4, 0.5) is 0 Å². The van der Waals surface area contributed by atoms with E-state index in [1.54, 1.807) is 0 Å². The Hall–Kier alpha value is -2.17. The third-order valence-electron chi connectivity index (χ3n) is 2.15. The monoisotopic (exact) mass is 224 g/mol. The molecule has 0 saturated carbocycles. The lowest BCUT2D eigenvalue weighted by atomic mass is 10.0. The summed E-state index contributed by atoms with van der Waals surface area (Å²) >= 11 is 0. The molecule has 0 spiro atoms. The summed E-state index contributed by atoms with van der Waals surface area (Å²) < 4.78 is 0. The maximum Gasteiger partial charge on any atom is 0.330 e. The first kappa shape index (κ1) is 11.9. The standard InChI is InChI=1S/C11H12O5/c1-6(11(15)16)2-3-7-4-8(12)10(14)9(13)5-7/h4-5,12-14H,1-3H2,(H,15,16). The Morgan fingerprint density at radius 1 is 1.19 bits per heavy atom.